The molecule has 0 fully saturated rings. The van der Waals surface area contributed by atoms with Crippen LogP contribution in [0.4, 0.5) is 11.4 Å². The van der Waals surface area contributed by atoms with E-state index in [1.807, 2.05) is 24.4 Å². The molecule has 4 rings (SSSR count). The lowest BCUT2D eigenvalue weighted by Crippen LogP contribution is -2.42. The minimum atomic E-state index is -0.0267. The van der Waals surface area contributed by atoms with Crippen LogP contribution in [0.5, 0.6) is 0 Å². The molecule has 1 aliphatic heterocycles. The van der Waals surface area contributed by atoms with Crippen molar-refractivity contribution in [3.8, 4) is 0 Å². The van der Waals surface area contributed by atoms with Crippen LogP contribution in [0.1, 0.15) is 31.9 Å². The average Bonchev–Trinajstić information content (AvgIpc) is 2.64. The van der Waals surface area contributed by atoms with Crippen LogP contribution >= 0.6 is 11.6 Å². The predicted molar refractivity (Wildman–Crippen MR) is 119 cm³/mol. The fourth-order valence-corrected chi connectivity index (χ4v) is 3.89. The third-order valence-corrected chi connectivity index (χ3v) is 5.75. The van der Waals surface area contributed by atoms with Crippen molar-refractivity contribution >= 4 is 45.5 Å². The number of benzene rings is 3. The quantitative estimate of drug-likeness (QED) is 0.446. The molecule has 3 aromatic carbocycles. The molecule has 0 amide bonds. The number of allylic oxidation sites excluding steroid dienone is 1. The highest BCUT2D eigenvalue weighted by atomic mass is 35.5. The Balaban J connectivity index is 1.72. The maximum absolute atomic E-state index is 6.59. The SMILES string of the molecule is CC1=CC(C)(C)N(C)c2cc(Cl)c(C=Nc3ccc4ccccc4c3)cc21. The Kier molecular flexibility index (Phi) is 4.32. The molecule has 3 heteroatoms. The second kappa shape index (κ2) is 6.54. The van der Waals surface area contributed by atoms with E-state index >= 15 is 0 Å². The minimum absolute atomic E-state index is 0.0267. The van der Waals surface area contributed by atoms with Crippen molar-refractivity contribution in [1.29, 1.82) is 0 Å². The van der Waals surface area contributed by atoms with Crippen LogP contribution < -0.4 is 4.90 Å². The molecule has 0 spiro atoms. The Bertz CT molecular complexity index is 1090. The van der Waals surface area contributed by atoms with Gasteiger partial charge >= 0.3 is 0 Å². The summed E-state index contributed by atoms with van der Waals surface area (Å²) in [6, 6.07) is 18.7. The summed E-state index contributed by atoms with van der Waals surface area (Å²) >= 11 is 6.59. The Morgan fingerprint density at radius 3 is 2.52 bits per heavy atom. The smallest absolute Gasteiger partial charge is 0.0636 e. The van der Waals surface area contributed by atoms with Crippen molar-refractivity contribution < 1.29 is 0 Å². The van der Waals surface area contributed by atoms with E-state index in [2.05, 4.69) is 80.2 Å². The largest absolute Gasteiger partial charge is 0.365 e. The van der Waals surface area contributed by atoms with Gasteiger partial charge in [-0.15, -0.1) is 0 Å². The molecule has 27 heavy (non-hydrogen) atoms. The van der Waals surface area contributed by atoms with Gasteiger partial charge in [-0.3, -0.25) is 4.99 Å². The molecular formula is C24H23ClN2. The van der Waals surface area contributed by atoms with Crippen molar-refractivity contribution in [3.05, 3.63) is 76.8 Å². The molecule has 0 atom stereocenters. The lowest BCUT2D eigenvalue weighted by Gasteiger charge is -2.40. The summed E-state index contributed by atoms with van der Waals surface area (Å²) in [5.74, 6) is 0. The summed E-state index contributed by atoms with van der Waals surface area (Å²) in [5, 5.41) is 3.12. The van der Waals surface area contributed by atoms with E-state index in [0.29, 0.717) is 0 Å². The predicted octanol–water partition coefficient (Wildman–Crippen LogP) is 6.88. The number of fused-ring (bicyclic) bond motifs is 2. The lowest BCUT2D eigenvalue weighted by atomic mass is 9.88. The summed E-state index contributed by atoms with van der Waals surface area (Å²) in [6.45, 7) is 6.58. The monoisotopic (exact) mass is 374 g/mol. The Hall–Kier alpha value is -2.58. The van der Waals surface area contributed by atoms with Crippen molar-refractivity contribution in [1.82, 2.24) is 0 Å². The molecule has 0 bridgehead atoms. The van der Waals surface area contributed by atoms with E-state index in [0.717, 1.165) is 22.0 Å². The fraction of sp³-hybridized carbons (Fsp3) is 0.208. The normalized spacial score (nSPS) is 15.9. The second-order valence-electron chi connectivity index (χ2n) is 7.72. The van der Waals surface area contributed by atoms with Crippen LogP contribution in [-0.2, 0) is 0 Å². The number of likely N-dealkylation sites (N-methyl/N-ethyl adjacent to an activating group) is 1. The van der Waals surface area contributed by atoms with Gasteiger partial charge in [0.05, 0.1) is 16.2 Å². The number of rotatable bonds is 2. The van der Waals surface area contributed by atoms with Crippen LogP contribution in [0.25, 0.3) is 16.3 Å². The molecule has 3 aromatic rings. The lowest BCUT2D eigenvalue weighted by molar-refractivity contribution is 0.598. The second-order valence-corrected chi connectivity index (χ2v) is 8.13. The number of hydrogen-bond acceptors (Lipinski definition) is 2. The van der Waals surface area contributed by atoms with Gasteiger partial charge in [0, 0.05) is 30.1 Å². The van der Waals surface area contributed by atoms with Gasteiger partial charge < -0.3 is 4.90 Å². The van der Waals surface area contributed by atoms with E-state index in [1.54, 1.807) is 0 Å². The van der Waals surface area contributed by atoms with E-state index in [9.17, 15) is 0 Å². The van der Waals surface area contributed by atoms with E-state index in [1.165, 1.54) is 21.9 Å². The van der Waals surface area contributed by atoms with Gasteiger partial charge in [-0.2, -0.15) is 0 Å². The summed E-state index contributed by atoms with van der Waals surface area (Å²) in [6.07, 6.45) is 4.16. The molecule has 1 heterocycles. The van der Waals surface area contributed by atoms with Gasteiger partial charge in [0.15, 0.2) is 0 Å². The third kappa shape index (κ3) is 3.26. The van der Waals surface area contributed by atoms with E-state index in [-0.39, 0.29) is 5.54 Å². The van der Waals surface area contributed by atoms with Gasteiger partial charge in [-0.05, 0) is 61.4 Å². The van der Waals surface area contributed by atoms with Gasteiger partial charge in [-0.1, -0.05) is 48.0 Å². The molecule has 0 saturated carbocycles. The van der Waals surface area contributed by atoms with Gasteiger partial charge in [0.1, 0.15) is 0 Å². The molecule has 0 radical (unpaired) electrons. The molecule has 2 nitrogen and oxygen atoms in total. The van der Waals surface area contributed by atoms with Gasteiger partial charge in [0.2, 0.25) is 0 Å². The molecule has 0 aromatic heterocycles. The molecule has 0 aliphatic carbocycles. The zero-order chi connectivity index (χ0) is 19.2. The van der Waals surface area contributed by atoms with Crippen LogP contribution in [0, 0.1) is 0 Å². The first-order chi connectivity index (χ1) is 12.8. The number of nitrogens with zero attached hydrogens (tertiary/aromatic N) is 2. The van der Waals surface area contributed by atoms with Crippen LogP contribution in [0.3, 0.4) is 0 Å². The molecular weight excluding hydrogens is 352 g/mol. The number of halogens is 1. The first-order valence-corrected chi connectivity index (χ1v) is 9.53. The molecule has 0 N–H and O–H groups in total. The first kappa shape index (κ1) is 17.8. The van der Waals surface area contributed by atoms with Crippen molar-refractivity contribution in [2.45, 2.75) is 26.3 Å². The topological polar surface area (TPSA) is 15.6 Å². The summed E-state index contributed by atoms with van der Waals surface area (Å²) < 4.78 is 0. The van der Waals surface area contributed by atoms with E-state index < -0.39 is 0 Å². The first-order valence-electron chi connectivity index (χ1n) is 9.15. The Morgan fingerprint density at radius 1 is 1.00 bits per heavy atom. The average molecular weight is 375 g/mol. The zero-order valence-electron chi connectivity index (χ0n) is 16.1. The van der Waals surface area contributed by atoms with Crippen molar-refractivity contribution in [3.63, 3.8) is 0 Å². The zero-order valence-corrected chi connectivity index (χ0v) is 16.9. The molecule has 0 saturated heterocycles. The van der Waals surface area contributed by atoms with Crippen molar-refractivity contribution in [2.24, 2.45) is 4.99 Å². The van der Waals surface area contributed by atoms with Gasteiger partial charge in [-0.25, -0.2) is 0 Å². The molecule has 136 valence electrons. The standard InChI is InChI=1S/C24H23ClN2/c1-16-14-24(2,3)27(4)23-13-22(25)19(12-21(16)23)15-26-20-10-9-17-7-5-6-8-18(17)11-20/h5-15H,1-4H3. The van der Waals surface area contributed by atoms with Crippen LogP contribution in [0.2, 0.25) is 5.02 Å². The van der Waals surface area contributed by atoms with Crippen molar-refractivity contribution in [2.75, 3.05) is 11.9 Å². The summed E-state index contributed by atoms with van der Waals surface area (Å²) in [4.78, 5) is 6.94. The molecule has 0 unspecified atom stereocenters. The fourth-order valence-electron chi connectivity index (χ4n) is 3.69. The third-order valence-electron chi connectivity index (χ3n) is 5.42. The van der Waals surface area contributed by atoms with Gasteiger partial charge in [0.25, 0.3) is 0 Å². The van der Waals surface area contributed by atoms with Crippen LogP contribution in [-0.4, -0.2) is 18.8 Å². The maximum Gasteiger partial charge on any atom is 0.0636 e. The number of hydrogen-bond donors (Lipinski definition) is 0. The summed E-state index contributed by atoms with van der Waals surface area (Å²) in [5.41, 5.74) is 5.47. The van der Waals surface area contributed by atoms with Crippen LogP contribution in [0.15, 0.2) is 65.7 Å². The highest BCUT2D eigenvalue weighted by molar-refractivity contribution is 6.33. The Morgan fingerprint density at radius 2 is 1.74 bits per heavy atom. The Labute approximate surface area is 165 Å². The highest BCUT2D eigenvalue weighted by Crippen LogP contribution is 2.40. The number of aliphatic imine (C=N–C) groups is 1. The minimum Gasteiger partial charge on any atom is -0.365 e. The highest BCUT2D eigenvalue weighted by Gasteiger charge is 2.29. The molecule has 1 aliphatic rings. The maximum atomic E-state index is 6.59. The summed E-state index contributed by atoms with van der Waals surface area (Å²) in [7, 11) is 2.11. The number of anilines is 1. The van der Waals surface area contributed by atoms with E-state index in [4.69, 9.17) is 11.6 Å².